The molecular weight excluding hydrogens is 388 g/mol. The van der Waals surface area contributed by atoms with Crippen LogP contribution in [0.2, 0.25) is 0 Å². The molecule has 2 aromatic carbocycles. The number of aromatic nitrogens is 4. The third kappa shape index (κ3) is 3.88. The zero-order chi connectivity index (χ0) is 20.4. The lowest BCUT2D eigenvalue weighted by molar-refractivity contribution is 0.391. The van der Waals surface area contributed by atoms with Crippen LogP contribution in [0.4, 0.5) is 0 Å². The zero-order valence-electron chi connectivity index (χ0n) is 16.3. The summed E-state index contributed by atoms with van der Waals surface area (Å²) < 4.78 is 12.3. The van der Waals surface area contributed by atoms with Crippen molar-refractivity contribution in [1.29, 1.82) is 0 Å². The fourth-order valence-electron chi connectivity index (χ4n) is 2.98. The summed E-state index contributed by atoms with van der Waals surface area (Å²) in [6, 6.07) is 14.8. The van der Waals surface area contributed by atoms with E-state index < -0.39 is 0 Å². The monoisotopic (exact) mass is 408 g/mol. The van der Waals surface area contributed by atoms with E-state index >= 15 is 0 Å². The van der Waals surface area contributed by atoms with Crippen LogP contribution in [0.25, 0.3) is 22.3 Å². The van der Waals surface area contributed by atoms with Crippen molar-refractivity contribution >= 4 is 22.7 Å². The number of nitrogens with zero attached hydrogens (tertiary/aromatic N) is 4. The van der Waals surface area contributed by atoms with Crippen LogP contribution in [0, 0.1) is 0 Å². The van der Waals surface area contributed by atoms with Crippen LogP contribution < -0.4 is 10.3 Å². The molecule has 0 fully saturated rings. The van der Waals surface area contributed by atoms with Crippen molar-refractivity contribution in [2.45, 2.75) is 30.8 Å². The number of hydrogen-bond donors (Lipinski definition) is 0. The lowest BCUT2D eigenvalue weighted by Gasteiger charge is -2.15. The van der Waals surface area contributed by atoms with Gasteiger partial charge in [0.2, 0.25) is 11.7 Å². The number of fused-ring (bicyclic) bond motifs is 1. The van der Waals surface area contributed by atoms with Crippen LogP contribution >= 0.6 is 11.8 Å². The van der Waals surface area contributed by atoms with Gasteiger partial charge in [0, 0.05) is 11.6 Å². The highest BCUT2D eigenvalue weighted by Crippen LogP contribution is 2.25. The van der Waals surface area contributed by atoms with Gasteiger partial charge in [0.25, 0.3) is 5.56 Å². The minimum absolute atomic E-state index is 0.0142. The lowest BCUT2D eigenvalue weighted by Crippen LogP contribution is -2.25. The Labute approximate surface area is 171 Å². The number of para-hydroxylation sites is 1. The second kappa shape index (κ2) is 8.08. The van der Waals surface area contributed by atoms with Gasteiger partial charge in [-0.15, -0.1) is 0 Å². The Morgan fingerprint density at radius 1 is 1.10 bits per heavy atom. The van der Waals surface area contributed by atoms with Crippen molar-refractivity contribution in [2.75, 3.05) is 7.11 Å². The topological polar surface area (TPSA) is 83.0 Å². The first-order valence-electron chi connectivity index (χ1n) is 9.18. The second-order valence-corrected chi connectivity index (χ2v) is 7.65. The van der Waals surface area contributed by atoms with E-state index in [0.717, 1.165) is 11.3 Å². The van der Waals surface area contributed by atoms with E-state index in [1.54, 1.807) is 17.7 Å². The molecule has 8 heteroatoms. The molecular formula is C21H20N4O3S. The van der Waals surface area contributed by atoms with E-state index in [4.69, 9.17) is 9.26 Å². The van der Waals surface area contributed by atoms with E-state index in [1.165, 1.54) is 11.8 Å². The predicted molar refractivity (Wildman–Crippen MR) is 112 cm³/mol. The van der Waals surface area contributed by atoms with Crippen molar-refractivity contribution in [3.8, 4) is 17.1 Å². The van der Waals surface area contributed by atoms with Crippen LogP contribution in [0.5, 0.6) is 5.75 Å². The Balaban J connectivity index is 1.59. The van der Waals surface area contributed by atoms with Crippen LogP contribution in [-0.2, 0) is 5.75 Å². The first-order chi connectivity index (χ1) is 14.1. The lowest BCUT2D eigenvalue weighted by atomic mass is 10.2. The predicted octanol–water partition coefficient (Wildman–Crippen LogP) is 4.33. The van der Waals surface area contributed by atoms with Crippen molar-refractivity contribution in [3.63, 3.8) is 0 Å². The largest absolute Gasteiger partial charge is 0.497 e. The van der Waals surface area contributed by atoms with Gasteiger partial charge in [-0.3, -0.25) is 9.36 Å². The summed E-state index contributed by atoms with van der Waals surface area (Å²) in [5.41, 5.74) is 1.48. The van der Waals surface area contributed by atoms with Crippen LogP contribution in [0.3, 0.4) is 0 Å². The van der Waals surface area contributed by atoms with Crippen LogP contribution in [0.15, 0.2) is 63.0 Å². The maximum Gasteiger partial charge on any atom is 0.262 e. The van der Waals surface area contributed by atoms with Gasteiger partial charge in [0.1, 0.15) is 5.75 Å². The zero-order valence-corrected chi connectivity index (χ0v) is 17.1. The number of hydrogen-bond acceptors (Lipinski definition) is 7. The third-order valence-electron chi connectivity index (χ3n) is 4.43. The van der Waals surface area contributed by atoms with Crippen LogP contribution in [0.1, 0.15) is 25.8 Å². The number of thioether (sulfide) groups is 1. The number of rotatable bonds is 6. The summed E-state index contributed by atoms with van der Waals surface area (Å²) in [4.78, 5) is 22.0. The van der Waals surface area contributed by atoms with Gasteiger partial charge in [-0.2, -0.15) is 4.98 Å². The summed E-state index contributed by atoms with van der Waals surface area (Å²) >= 11 is 1.41. The first kappa shape index (κ1) is 19.2. The minimum Gasteiger partial charge on any atom is -0.497 e. The fourth-order valence-corrected chi connectivity index (χ4v) is 3.95. The molecule has 0 aliphatic carbocycles. The van der Waals surface area contributed by atoms with Gasteiger partial charge < -0.3 is 9.26 Å². The summed E-state index contributed by atoms with van der Waals surface area (Å²) in [6.07, 6.45) is 0. The fraction of sp³-hybridized carbons (Fsp3) is 0.238. The molecule has 0 spiro atoms. The highest BCUT2D eigenvalue weighted by Gasteiger charge is 2.16. The molecule has 7 nitrogen and oxygen atoms in total. The highest BCUT2D eigenvalue weighted by molar-refractivity contribution is 7.98. The van der Waals surface area contributed by atoms with Gasteiger partial charge in [-0.25, -0.2) is 4.98 Å². The molecule has 0 saturated carbocycles. The Morgan fingerprint density at radius 3 is 2.59 bits per heavy atom. The Kier molecular flexibility index (Phi) is 5.35. The minimum atomic E-state index is -0.0439. The van der Waals surface area contributed by atoms with Crippen molar-refractivity contribution in [1.82, 2.24) is 19.7 Å². The van der Waals surface area contributed by atoms with Gasteiger partial charge in [0.15, 0.2) is 5.16 Å². The normalized spacial score (nSPS) is 11.3. The molecule has 0 radical (unpaired) electrons. The molecule has 0 bridgehead atoms. The summed E-state index contributed by atoms with van der Waals surface area (Å²) in [5.74, 6) is 2.16. The Morgan fingerprint density at radius 2 is 1.86 bits per heavy atom. The van der Waals surface area contributed by atoms with Crippen molar-refractivity contribution < 1.29 is 9.26 Å². The molecule has 0 amide bonds. The SMILES string of the molecule is COc1ccc(-c2noc(CSc3nc4ccccc4c(=O)n3C(C)C)n2)cc1. The van der Waals surface area contributed by atoms with E-state index in [0.29, 0.717) is 33.5 Å². The van der Waals surface area contributed by atoms with Gasteiger partial charge in [0.05, 0.1) is 23.8 Å². The molecule has 2 heterocycles. The van der Waals surface area contributed by atoms with Gasteiger partial charge in [-0.05, 0) is 50.2 Å². The van der Waals surface area contributed by atoms with E-state index in [2.05, 4.69) is 15.1 Å². The highest BCUT2D eigenvalue weighted by atomic mass is 32.2. The number of ether oxygens (including phenoxy) is 1. The van der Waals surface area contributed by atoms with Crippen molar-refractivity contribution in [3.05, 3.63) is 64.8 Å². The van der Waals surface area contributed by atoms with Gasteiger partial charge in [-0.1, -0.05) is 29.1 Å². The molecule has 4 aromatic rings. The van der Waals surface area contributed by atoms with Gasteiger partial charge >= 0.3 is 0 Å². The van der Waals surface area contributed by atoms with Crippen molar-refractivity contribution in [2.24, 2.45) is 0 Å². The molecule has 0 aliphatic heterocycles. The molecule has 29 heavy (non-hydrogen) atoms. The smallest absolute Gasteiger partial charge is 0.262 e. The summed E-state index contributed by atoms with van der Waals surface area (Å²) in [5, 5.41) is 5.30. The maximum atomic E-state index is 12.9. The molecule has 0 N–H and O–H groups in total. The molecule has 0 unspecified atom stereocenters. The standard InChI is InChI=1S/C21H20N4O3S/c1-13(2)25-20(26)16-6-4-5-7-17(16)22-21(25)29-12-18-23-19(24-28-18)14-8-10-15(27-3)11-9-14/h4-11,13H,12H2,1-3H3. The molecule has 0 atom stereocenters. The van der Waals surface area contributed by atoms with E-state index in [9.17, 15) is 4.79 Å². The molecule has 148 valence electrons. The quantitative estimate of drug-likeness (QED) is 0.347. The molecule has 0 aliphatic rings. The third-order valence-corrected chi connectivity index (χ3v) is 5.37. The molecule has 2 aromatic heterocycles. The van der Waals surface area contributed by atoms with Crippen LogP contribution in [-0.4, -0.2) is 26.8 Å². The second-order valence-electron chi connectivity index (χ2n) is 6.71. The first-order valence-corrected chi connectivity index (χ1v) is 10.2. The Hall–Kier alpha value is -3.13. The van der Waals surface area contributed by atoms with E-state index in [-0.39, 0.29) is 11.6 Å². The average molecular weight is 408 g/mol. The summed E-state index contributed by atoms with van der Waals surface area (Å²) in [7, 11) is 1.62. The maximum absolute atomic E-state index is 12.9. The summed E-state index contributed by atoms with van der Waals surface area (Å²) in [6.45, 7) is 3.94. The molecule has 4 rings (SSSR count). The molecule has 0 saturated heterocycles. The average Bonchev–Trinajstić information content (AvgIpc) is 3.21. The van der Waals surface area contributed by atoms with E-state index in [1.807, 2.05) is 56.3 Å². The Bertz CT molecular complexity index is 1200. The number of benzene rings is 2. The number of methoxy groups -OCH3 is 1.